The van der Waals surface area contributed by atoms with E-state index in [1.54, 1.807) is 0 Å². The minimum Gasteiger partial charge on any atom is -0.317 e. The van der Waals surface area contributed by atoms with Crippen LogP contribution in [0.25, 0.3) is 0 Å². The van der Waals surface area contributed by atoms with Crippen molar-refractivity contribution in [3.05, 3.63) is 18.7 Å². The highest BCUT2D eigenvalue weighted by molar-refractivity contribution is 7.85. The van der Waals surface area contributed by atoms with Gasteiger partial charge in [0, 0.05) is 18.8 Å². The molecule has 6 nitrogen and oxygen atoms in total. The molecule has 7 heteroatoms. The lowest BCUT2D eigenvalue weighted by molar-refractivity contribution is -0.108. The van der Waals surface area contributed by atoms with Crippen molar-refractivity contribution in [3.8, 4) is 0 Å². The van der Waals surface area contributed by atoms with Gasteiger partial charge in [-0.25, -0.2) is 4.98 Å². The molecule has 1 aromatic rings. The molecule has 1 heterocycles. The van der Waals surface area contributed by atoms with E-state index in [9.17, 15) is 13.2 Å². The van der Waals surface area contributed by atoms with Crippen LogP contribution in [-0.4, -0.2) is 28.8 Å². The third-order valence-electron chi connectivity index (χ3n) is 1.50. The Balaban J connectivity index is 3.00. The molecule has 0 saturated carbocycles. The van der Waals surface area contributed by atoms with Gasteiger partial charge in [0.2, 0.25) is 0 Å². The summed E-state index contributed by atoms with van der Waals surface area (Å²) in [6.45, 7) is 0. The molecule has 0 spiro atoms. The minimum atomic E-state index is -4.26. The summed E-state index contributed by atoms with van der Waals surface area (Å²) in [5.74, 6) is 0. The fraction of sp³-hybridized carbons (Fsp3) is 0.333. The first-order valence-corrected chi connectivity index (χ1v) is 4.93. The fourth-order valence-corrected chi connectivity index (χ4v) is 1.67. The Morgan fingerprint density at radius 3 is 2.69 bits per heavy atom. The van der Waals surface area contributed by atoms with E-state index in [0.717, 1.165) is 4.57 Å². The zero-order chi connectivity index (χ0) is 9.90. The van der Waals surface area contributed by atoms with Crippen LogP contribution in [0.4, 0.5) is 0 Å². The highest BCUT2D eigenvalue weighted by Gasteiger charge is 2.23. The molecule has 0 aliphatic heterocycles. The molecule has 0 bridgehead atoms. The summed E-state index contributed by atoms with van der Waals surface area (Å²) >= 11 is 0. The molecule has 0 fully saturated rings. The van der Waals surface area contributed by atoms with Gasteiger partial charge in [0.25, 0.3) is 10.1 Å². The summed E-state index contributed by atoms with van der Waals surface area (Å²) < 4.78 is 31.4. The van der Waals surface area contributed by atoms with E-state index in [0.29, 0.717) is 6.29 Å². The van der Waals surface area contributed by atoms with Crippen molar-refractivity contribution in [1.82, 2.24) is 9.55 Å². The Morgan fingerprint density at radius 1 is 1.62 bits per heavy atom. The molecule has 13 heavy (non-hydrogen) atoms. The molecule has 1 rings (SSSR count). The number of hydrogen-bond acceptors (Lipinski definition) is 4. The first-order valence-electron chi connectivity index (χ1n) is 3.43. The van der Waals surface area contributed by atoms with E-state index in [-0.39, 0.29) is 6.42 Å². The number of aromatic nitrogens is 2. The molecule has 1 aromatic heterocycles. The number of hydrogen-bond donors (Lipinski definition) is 1. The number of aldehydes is 1. The second-order valence-corrected chi connectivity index (χ2v) is 3.96. The van der Waals surface area contributed by atoms with Crippen LogP contribution in [0.5, 0.6) is 0 Å². The first kappa shape index (κ1) is 9.87. The third-order valence-corrected chi connectivity index (χ3v) is 2.62. The lowest BCUT2D eigenvalue weighted by Crippen LogP contribution is -2.18. The maximum Gasteiger partial charge on any atom is 0.287 e. The standard InChI is InChI=1S/C6H8N2O4S/c9-4-1-6(13(10,11)12)8-3-2-7-5-8/h2-6H,1H2,(H,10,11,12). The van der Waals surface area contributed by atoms with Gasteiger partial charge in [-0.05, 0) is 0 Å². The van der Waals surface area contributed by atoms with Crippen molar-refractivity contribution in [2.24, 2.45) is 0 Å². The smallest absolute Gasteiger partial charge is 0.287 e. The number of carbonyl (C=O) groups excluding carboxylic acids is 1. The van der Waals surface area contributed by atoms with Crippen LogP contribution in [0.2, 0.25) is 0 Å². The van der Waals surface area contributed by atoms with E-state index >= 15 is 0 Å². The van der Waals surface area contributed by atoms with Crippen LogP contribution in [0, 0.1) is 0 Å². The van der Waals surface area contributed by atoms with Crippen molar-refractivity contribution in [2.45, 2.75) is 11.8 Å². The number of nitrogens with zero attached hydrogens (tertiary/aromatic N) is 2. The summed E-state index contributed by atoms with van der Waals surface area (Å²) in [4.78, 5) is 13.8. The van der Waals surface area contributed by atoms with Crippen LogP contribution < -0.4 is 0 Å². The van der Waals surface area contributed by atoms with E-state index in [1.807, 2.05) is 0 Å². The average Bonchev–Trinajstić information content (AvgIpc) is 2.49. The van der Waals surface area contributed by atoms with E-state index in [4.69, 9.17) is 4.55 Å². The average molecular weight is 204 g/mol. The third kappa shape index (κ3) is 2.36. The lowest BCUT2D eigenvalue weighted by Gasteiger charge is -2.11. The highest BCUT2D eigenvalue weighted by Crippen LogP contribution is 2.15. The van der Waals surface area contributed by atoms with Gasteiger partial charge in [-0.1, -0.05) is 0 Å². The summed E-state index contributed by atoms with van der Waals surface area (Å²) in [6, 6.07) is 0. The number of imidazole rings is 1. The Morgan fingerprint density at radius 2 is 2.31 bits per heavy atom. The van der Waals surface area contributed by atoms with Crippen LogP contribution in [0.15, 0.2) is 18.7 Å². The fourth-order valence-electron chi connectivity index (χ4n) is 0.919. The molecule has 1 unspecified atom stereocenters. The molecule has 0 aliphatic rings. The summed E-state index contributed by atoms with van der Waals surface area (Å²) in [6.07, 6.45) is 4.08. The van der Waals surface area contributed by atoms with E-state index in [2.05, 4.69) is 4.98 Å². The largest absolute Gasteiger partial charge is 0.317 e. The van der Waals surface area contributed by atoms with Gasteiger partial charge in [0.15, 0.2) is 5.37 Å². The topological polar surface area (TPSA) is 89.3 Å². The van der Waals surface area contributed by atoms with Gasteiger partial charge in [0.05, 0.1) is 6.33 Å². The second-order valence-electron chi connectivity index (χ2n) is 2.38. The maximum absolute atomic E-state index is 10.8. The van der Waals surface area contributed by atoms with Crippen LogP contribution in [-0.2, 0) is 14.9 Å². The zero-order valence-corrected chi connectivity index (χ0v) is 7.38. The van der Waals surface area contributed by atoms with Gasteiger partial charge in [-0.2, -0.15) is 8.42 Å². The molecule has 1 N–H and O–H groups in total. The number of rotatable bonds is 4. The van der Waals surface area contributed by atoms with Gasteiger partial charge < -0.3 is 9.36 Å². The Labute approximate surface area is 75.0 Å². The summed E-state index contributed by atoms with van der Waals surface area (Å²) in [5.41, 5.74) is 0. The van der Waals surface area contributed by atoms with Gasteiger partial charge >= 0.3 is 0 Å². The minimum absolute atomic E-state index is 0.296. The molecule has 0 radical (unpaired) electrons. The van der Waals surface area contributed by atoms with E-state index in [1.165, 1.54) is 18.7 Å². The first-order chi connectivity index (χ1) is 6.05. The van der Waals surface area contributed by atoms with Crippen molar-refractivity contribution in [1.29, 1.82) is 0 Å². The monoisotopic (exact) mass is 204 g/mol. The second kappa shape index (κ2) is 3.67. The normalized spacial score (nSPS) is 13.9. The lowest BCUT2D eigenvalue weighted by atomic mass is 10.4. The molecule has 0 aliphatic carbocycles. The van der Waals surface area contributed by atoms with Crippen LogP contribution in [0.1, 0.15) is 11.8 Å². The predicted molar refractivity (Wildman–Crippen MR) is 43.5 cm³/mol. The molecule has 72 valence electrons. The predicted octanol–water partition coefficient (Wildman–Crippen LogP) is -0.142. The van der Waals surface area contributed by atoms with Gasteiger partial charge in [0.1, 0.15) is 6.29 Å². The summed E-state index contributed by atoms with van der Waals surface area (Å²) in [5, 5.41) is -1.27. The molecule has 1 atom stereocenters. The van der Waals surface area contributed by atoms with E-state index < -0.39 is 15.5 Å². The van der Waals surface area contributed by atoms with Gasteiger partial charge in [-0.15, -0.1) is 0 Å². The SMILES string of the molecule is O=CCC(n1ccnc1)S(=O)(=O)O. The molecular formula is C6H8N2O4S. The Hall–Kier alpha value is -1.21. The molecule has 0 amide bonds. The molecular weight excluding hydrogens is 196 g/mol. The Bertz CT molecular complexity index is 369. The number of carbonyl (C=O) groups is 1. The van der Waals surface area contributed by atoms with Crippen molar-refractivity contribution in [3.63, 3.8) is 0 Å². The van der Waals surface area contributed by atoms with Crippen molar-refractivity contribution < 1.29 is 17.8 Å². The maximum atomic E-state index is 10.8. The zero-order valence-electron chi connectivity index (χ0n) is 6.57. The quantitative estimate of drug-likeness (QED) is 0.544. The van der Waals surface area contributed by atoms with Crippen molar-refractivity contribution >= 4 is 16.4 Å². The van der Waals surface area contributed by atoms with Crippen LogP contribution >= 0.6 is 0 Å². The Kier molecular flexibility index (Phi) is 2.79. The molecule has 0 aromatic carbocycles. The van der Waals surface area contributed by atoms with Crippen molar-refractivity contribution in [2.75, 3.05) is 0 Å². The molecule has 0 saturated heterocycles. The van der Waals surface area contributed by atoms with Crippen LogP contribution in [0.3, 0.4) is 0 Å². The highest BCUT2D eigenvalue weighted by atomic mass is 32.2. The summed E-state index contributed by atoms with van der Waals surface area (Å²) in [7, 11) is -4.26. The van der Waals surface area contributed by atoms with Gasteiger partial charge in [-0.3, -0.25) is 4.55 Å².